The summed E-state index contributed by atoms with van der Waals surface area (Å²) in [6, 6.07) is 12.1. The molecule has 142 valence electrons. The van der Waals surface area contributed by atoms with Crippen LogP contribution in [0.25, 0.3) is 6.08 Å². The van der Waals surface area contributed by atoms with Gasteiger partial charge in [0.05, 0.1) is 4.90 Å². The van der Waals surface area contributed by atoms with Crippen molar-refractivity contribution in [2.24, 2.45) is 0 Å². The number of anilines is 1. The average molecular weight is 388 g/mol. The Kier molecular flexibility index (Phi) is 6.03. The van der Waals surface area contributed by atoms with E-state index >= 15 is 0 Å². The SMILES string of the molecule is O=C(/C=C/c1cccc(F)c1)Nc1cccc(S(=O)(=O)N2CCCCC2)c1. The van der Waals surface area contributed by atoms with Crippen molar-refractivity contribution >= 4 is 27.7 Å². The van der Waals surface area contributed by atoms with Crippen LogP contribution in [0.4, 0.5) is 10.1 Å². The normalized spacial score (nSPS) is 15.7. The van der Waals surface area contributed by atoms with E-state index in [0.717, 1.165) is 19.3 Å². The fourth-order valence-corrected chi connectivity index (χ4v) is 4.52. The molecule has 1 N–H and O–H groups in total. The maximum atomic E-state index is 13.2. The van der Waals surface area contributed by atoms with Crippen LogP contribution in [0.5, 0.6) is 0 Å². The van der Waals surface area contributed by atoms with E-state index in [1.165, 1.54) is 40.7 Å². The van der Waals surface area contributed by atoms with Crippen molar-refractivity contribution in [2.75, 3.05) is 18.4 Å². The first kappa shape index (κ1) is 19.3. The molecular formula is C20H21FN2O3S. The maximum absolute atomic E-state index is 13.2. The van der Waals surface area contributed by atoms with Gasteiger partial charge in [-0.15, -0.1) is 0 Å². The Labute approximate surface area is 158 Å². The molecule has 0 aromatic heterocycles. The lowest BCUT2D eigenvalue weighted by Gasteiger charge is -2.26. The first-order valence-corrected chi connectivity index (χ1v) is 10.2. The number of hydrogen-bond donors (Lipinski definition) is 1. The molecule has 1 amide bonds. The lowest BCUT2D eigenvalue weighted by atomic mass is 10.2. The van der Waals surface area contributed by atoms with Crippen LogP contribution in [-0.2, 0) is 14.8 Å². The first-order chi connectivity index (χ1) is 12.9. The minimum atomic E-state index is -3.56. The quantitative estimate of drug-likeness (QED) is 0.795. The number of sulfonamides is 1. The summed E-state index contributed by atoms with van der Waals surface area (Å²) < 4.78 is 40.1. The van der Waals surface area contributed by atoms with Crippen LogP contribution in [-0.4, -0.2) is 31.7 Å². The summed E-state index contributed by atoms with van der Waals surface area (Å²) in [5.41, 5.74) is 0.952. The van der Waals surface area contributed by atoms with Crippen molar-refractivity contribution in [1.29, 1.82) is 0 Å². The van der Waals surface area contributed by atoms with E-state index < -0.39 is 15.9 Å². The second kappa shape index (κ2) is 8.45. The summed E-state index contributed by atoms with van der Waals surface area (Å²) in [5, 5.41) is 2.64. The zero-order valence-corrected chi connectivity index (χ0v) is 15.6. The highest BCUT2D eigenvalue weighted by atomic mass is 32.2. The standard InChI is InChI=1S/C20H21FN2O3S/c21-17-7-4-6-16(14-17)10-11-20(24)22-18-8-5-9-19(15-18)27(25,26)23-12-2-1-3-13-23/h4-11,14-15H,1-3,12-13H2,(H,22,24)/b11-10+. The number of halogens is 1. The van der Waals surface area contributed by atoms with Crippen molar-refractivity contribution in [3.8, 4) is 0 Å². The molecule has 2 aromatic rings. The molecule has 27 heavy (non-hydrogen) atoms. The van der Waals surface area contributed by atoms with Gasteiger partial charge in [0.1, 0.15) is 5.82 Å². The summed E-state index contributed by atoms with van der Waals surface area (Å²) >= 11 is 0. The molecular weight excluding hydrogens is 367 g/mol. The van der Waals surface area contributed by atoms with E-state index in [4.69, 9.17) is 0 Å². The average Bonchev–Trinajstić information content (AvgIpc) is 2.67. The predicted octanol–water partition coefficient (Wildman–Crippen LogP) is 3.65. The fraction of sp³-hybridized carbons (Fsp3) is 0.250. The molecule has 0 bridgehead atoms. The molecule has 5 nitrogen and oxygen atoms in total. The van der Waals surface area contributed by atoms with E-state index in [1.54, 1.807) is 24.3 Å². The third kappa shape index (κ3) is 5.02. The number of amides is 1. The molecule has 0 aliphatic carbocycles. The van der Waals surface area contributed by atoms with E-state index in [1.807, 2.05) is 0 Å². The molecule has 1 fully saturated rings. The van der Waals surface area contributed by atoms with Crippen LogP contribution in [0.1, 0.15) is 24.8 Å². The van der Waals surface area contributed by atoms with Crippen LogP contribution in [0.2, 0.25) is 0 Å². The summed E-state index contributed by atoms with van der Waals surface area (Å²) in [6.07, 6.45) is 5.54. The number of benzene rings is 2. The third-order valence-corrected chi connectivity index (χ3v) is 6.22. The maximum Gasteiger partial charge on any atom is 0.248 e. The Morgan fingerprint density at radius 2 is 1.78 bits per heavy atom. The van der Waals surface area contributed by atoms with Gasteiger partial charge in [-0.3, -0.25) is 4.79 Å². The lowest BCUT2D eigenvalue weighted by Crippen LogP contribution is -2.35. The van der Waals surface area contributed by atoms with Gasteiger partial charge in [-0.1, -0.05) is 24.6 Å². The first-order valence-electron chi connectivity index (χ1n) is 8.80. The van der Waals surface area contributed by atoms with Gasteiger partial charge in [-0.25, -0.2) is 12.8 Å². The van der Waals surface area contributed by atoms with Gasteiger partial charge in [0.2, 0.25) is 15.9 Å². The van der Waals surface area contributed by atoms with Crippen molar-refractivity contribution in [1.82, 2.24) is 4.31 Å². The molecule has 0 atom stereocenters. The van der Waals surface area contributed by atoms with Gasteiger partial charge in [0, 0.05) is 24.9 Å². The Morgan fingerprint density at radius 1 is 1.04 bits per heavy atom. The van der Waals surface area contributed by atoms with E-state index in [2.05, 4.69) is 5.32 Å². The minimum absolute atomic E-state index is 0.163. The molecule has 0 unspecified atom stereocenters. The van der Waals surface area contributed by atoms with Gasteiger partial charge in [0.15, 0.2) is 0 Å². The molecule has 1 aliphatic heterocycles. The number of carbonyl (C=O) groups excluding carboxylic acids is 1. The van der Waals surface area contributed by atoms with Crippen molar-refractivity contribution in [2.45, 2.75) is 24.2 Å². The van der Waals surface area contributed by atoms with Crippen LogP contribution in [0.3, 0.4) is 0 Å². The molecule has 0 spiro atoms. The molecule has 0 radical (unpaired) electrons. The fourth-order valence-electron chi connectivity index (χ4n) is 2.95. The minimum Gasteiger partial charge on any atom is -0.322 e. The predicted molar refractivity (Wildman–Crippen MR) is 103 cm³/mol. The van der Waals surface area contributed by atoms with E-state index in [-0.39, 0.29) is 10.7 Å². The number of hydrogen-bond acceptors (Lipinski definition) is 3. The van der Waals surface area contributed by atoms with Crippen molar-refractivity contribution < 1.29 is 17.6 Å². The number of carbonyl (C=O) groups is 1. The molecule has 3 rings (SSSR count). The van der Waals surface area contributed by atoms with Crippen LogP contribution in [0, 0.1) is 5.82 Å². The zero-order chi connectivity index (χ0) is 19.3. The van der Waals surface area contributed by atoms with Gasteiger partial charge in [-0.05, 0) is 54.8 Å². The Bertz CT molecular complexity index is 951. The zero-order valence-electron chi connectivity index (χ0n) is 14.8. The van der Waals surface area contributed by atoms with Gasteiger partial charge < -0.3 is 5.32 Å². The third-order valence-electron chi connectivity index (χ3n) is 4.33. The number of piperidine rings is 1. The largest absolute Gasteiger partial charge is 0.322 e. The summed E-state index contributed by atoms with van der Waals surface area (Å²) in [4.78, 5) is 12.2. The van der Waals surface area contributed by atoms with Crippen LogP contribution < -0.4 is 5.32 Å². The van der Waals surface area contributed by atoms with Gasteiger partial charge >= 0.3 is 0 Å². The molecule has 1 heterocycles. The van der Waals surface area contributed by atoms with Crippen LogP contribution >= 0.6 is 0 Å². The molecule has 0 saturated carbocycles. The number of nitrogens with one attached hydrogen (secondary N) is 1. The highest BCUT2D eigenvalue weighted by Gasteiger charge is 2.26. The number of nitrogens with zero attached hydrogens (tertiary/aromatic N) is 1. The number of rotatable bonds is 5. The lowest BCUT2D eigenvalue weighted by molar-refractivity contribution is -0.111. The molecule has 1 aliphatic rings. The summed E-state index contributed by atoms with van der Waals surface area (Å²) in [5.74, 6) is -0.806. The summed E-state index contributed by atoms with van der Waals surface area (Å²) in [6.45, 7) is 1.05. The summed E-state index contributed by atoms with van der Waals surface area (Å²) in [7, 11) is -3.56. The van der Waals surface area contributed by atoms with Crippen molar-refractivity contribution in [3.63, 3.8) is 0 Å². The van der Waals surface area contributed by atoms with E-state index in [9.17, 15) is 17.6 Å². The second-order valence-electron chi connectivity index (χ2n) is 6.37. The molecule has 1 saturated heterocycles. The van der Waals surface area contributed by atoms with E-state index in [0.29, 0.717) is 24.3 Å². The monoisotopic (exact) mass is 388 g/mol. The molecule has 2 aromatic carbocycles. The van der Waals surface area contributed by atoms with Gasteiger partial charge in [-0.2, -0.15) is 4.31 Å². The highest BCUT2D eigenvalue weighted by Crippen LogP contribution is 2.23. The second-order valence-corrected chi connectivity index (χ2v) is 8.31. The smallest absolute Gasteiger partial charge is 0.248 e. The van der Waals surface area contributed by atoms with Crippen molar-refractivity contribution in [3.05, 3.63) is 66.0 Å². The Hall–Kier alpha value is -2.51. The topological polar surface area (TPSA) is 66.5 Å². The molecule has 7 heteroatoms. The Balaban J connectivity index is 1.71. The highest BCUT2D eigenvalue weighted by molar-refractivity contribution is 7.89. The Morgan fingerprint density at radius 3 is 2.52 bits per heavy atom. The van der Waals surface area contributed by atoms with Gasteiger partial charge in [0.25, 0.3) is 0 Å². The van der Waals surface area contributed by atoms with Crippen LogP contribution in [0.15, 0.2) is 59.5 Å².